The van der Waals surface area contributed by atoms with Crippen LogP contribution >= 0.6 is 0 Å². The summed E-state index contributed by atoms with van der Waals surface area (Å²) in [5, 5.41) is 19.0. The largest absolute Gasteiger partial charge is 0.480 e. The fourth-order valence-electron chi connectivity index (χ4n) is 2.76. The molecule has 2 rings (SSSR count). The monoisotopic (exact) mass is 211 g/mol. The van der Waals surface area contributed by atoms with Gasteiger partial charge in [0.25, 0.3) is 0 Å². The second-order valence-electron chi connectivity index (χ2n) is 4.98. The van der Waals surface area contributed by atoms with Gasteiger partial charge in [0.2, 0.25) is 0 Å². The molecule has 2 aliphatic carbocycles. The first-order valence-corrected chi connectivity index (χ1v) is 5.31. The molecule has 2 bridgehead atoms. The lowest BCUT2D eigenvalue weighted by Gasteiger charge is -2.33. The van der Waals surface area contributed by atoms with Crippen LogP contribution in [0.5, 0.6) is 0 Å². The highest BCUT2D eigenvalue weighted by atomic mass is 16.4. The predicted octanol–water partition coefficient (Wildman–Crippen LogP) is 0.362. The maximum atomic E-state index is 10.9. The minimum Gasteiger partial charge on any atom is -0.480 e. The molecule has 15 heavy (non-hydrogen) atoms. The number of nitrogens with two attached hydrogens (primary N) is 1. The summed E-state index contributed by atoms with van der Waals surface area (Å²) in [7, 11) is 0. The van der Waals surface area contributed by atoms with Crippen molar-refractivity contribution in [2.45, 2.75) is 31.4 Å². The summed E-state index contributed by atoms with van der Waals surface area (Å²) in [6, 6.07) is 0. The van der Waals surface area contributed by atoms with Crippen LogP contribution in [0, 0.1) is 17.8 Å². The third kappa shape index (κ3) is 1.58. The van der Waals surface area contributed by atoms with Crippen LogP contribution in [0.2, 0.25) is 0 Å². The fraction of sp³-hybridized carbons (Fsp3) is 0.727. The molecule has 0 aromatic carbocycles. The van der Waals surface area contributed by atoms with E-state index in [-0.39, 0.29) is 5.92 Å². The molecule has 1 saturated carbocycles. The number of carbonyl (C=O) groups is 1. The van der Waals surface area contributed by atoms with Crippen LogP contribution in [0.25, 0.3) is 0 Å². The van der Waals surface area contributed by atoms with Crippen molar-refractivity contribution in [2.24, 2.45) is 23.5 Å². The van der Waals surface area contributed by atoms with Crippen LogP contribution in [0.3, 0.4) is 0 Å². The van der Waals surface area contributed by atoms with Gasteiger partial charge >= 0.3 is 5.97 Å². The topological polar surface area (TPSA) is 83.6 Å². The molecular weight excluding hydrogens is 194 g/mol. The van der Waals surface area contributed by atoms with Gasteiger partial charge in [-0.2, -0.15) is 0 Å². The summed E-state index contributed by atoms with van der Waals surface area (Å²) < 4.78 is 0. The lowest BCUT2D eigenvalue weighted by atomic mass is 9.79. The molecule has 2 aliphatic rings. The lowest BCUT2D eigenvalue weighted by Crippen LogP contribution is -2.58. The highest BCUT2D eigenvalue weighted by molar-refractivity contribution is 5.78. The Kier molecular flexibility index (Phi) is 2.35. The van der Waals surface area contributed by atoms with E-state index < -0.39 is 17.6 Å². The van der Waals surface area contributed by atoms with Gasteiger partial charge in [0.15, 0.2) is 0 Å². The molecule has 4 nitrogen and oxygen atoms in total. The van der Waals surface area contributed by atoms with E-state index in [2.05, 4.69) is 12.2 Å². The Morgan fingerprint density at radius 1 is 1.53 bits per heavy atom. The Hall–Kier alpha value is -0.870. The fourth-order valence-corrected chi connectivity index (χ4v) is 2.76. The van der Waals surface area contributed by atoms with Gasteiger partial charge in [0.1, 0.15) is 5.54 Å². The number of hydrogen-bond acceptors (Lipinski definition) is 3. The number of carboxylic acid groups (broad SMARTS) is 1. The zero-order chi connectivity index (χ0) is 11.2. The number of fused-ring (bicyclic) bond motifs is 2. The maximum Gasteiger partial charge on any atom is 0.326 e. The number of aliphatic carboxylic acids is 1. The summed E-state index contributed by atoms with van der Waals surface area (Å²) >= 11 is 0. The molecule has 84 valence electrons. The minimum atomic E-state index is -1.54. The number of aliphatic hydroxyl groups excluding tert-OH is 1. The minimum absolute atomic E-state index is 0.00565. The molecule has 0 aromatic heterocycles. The van der Waals surface area contributed by atoms with Gasteiger partial charge in [-0.25, -0.2) is 0 Å². The zero-order valence-corrected chi connectivity index (χ0v) is 8.76. The second-order valence-corrected chi connectivity index (χ2v) is 4.98. The van der Waals surface area contributed by atoms with Gasteiger partial charge in [-0.15, -0.1) is 0 Å². The van der Waals surface area contributed by atoms with Crippen LogP contribution in [0.1, 0.15) is 19.8 Å². The van der Waals surface area contributed by atoms with E-state index >= 15 is 0 Å². The second kappa shape index (κ2) is 3.32. The van der Waals surface area contributed by atoms with E-state index in [9.17, 15) is 9.90 Å². The number of hydrogen-bond donors (Lipinski definition) is 3. The molecule has 0 radical (unpaired) electrons. The van der Waals surface area contributed by atoms with E-state index in [4.69, 9.17) is 10.8 Å². The summed E-state index contributed by atoms with van der Waals surface area (Å²) in [5.41, 5.74) is 4.10. The van der Waals surface area contributed by atoms with Crippen molar-refractivity contribution in [3.05, 3.63) is 12.2 Å². The summed E-state index contributed by atoms with van der Waals surface area (Å²) in [5.74, 6) is -0.306. The van der Waals surface area contributed by atoms with Gasteiger partial charge in [0.05, 0.1) is 6.10 Å². The Labute approximate surface area is 88.8 Å². The third-order valence-electron chi connectivity index (χ3n) is 3.81. The van der Waals surface area contributed by atoms with Gasteiger partial charge in [-0.05, 0) is 37.5 Å². The molecule has 5 atom stereocenters. The van der Waals surface area contributed by atoms with E-state index in [1.807, 2.05) is 0 Å². The van der Waals surface area contributed by atoms with Crippen molar-refractivity contribution in [1.82, 2.24) is 0 Å². The van der Waals surface area contributed by atoms with Crippen LogP contribution in [0.15, 0.2) is 12.2 Å². The van der Waals surface area contributed by atoms with Crippen LogP contribution < -0.4 is 5.73 Å². The first-order valence-electron chi connectivity index (χ1n) is 5.31. The van der Waals surface area contributed by atoms with E-state index in [1.54, 1.807) is 0 Å². The first kappa shape index (κ1) is 10.6. The molecule has 0 aliphatic heterocycles. The number of allylic oxidation sites excluding steroid dienone is 2. The number of carboxylic acids is 1. The highest BCUT2D eigenvalue weighted by Gasteiger charge is 2.48. The predicted molar refractivity (Wildman–Crippen MR) is 55.1 cm³/mol. The quantitative estimate of drug-likeness (QED) is 0.589. The van der Waals surface area contributed by atoms with Gasteiger partial charge in [0, 0.05) is 0 Å². The highest BCUT2D eigenvalue weighted by Crippen LogP contribution is 2.46. The van der Waals surface area contributed by atoms with E-state index in [1.165, 1.54) is 6.92 Å². The van der Waals surface area contributed by atoms with E-state index in [0.29, 0.717) is 11.8 Å². The standard InChI is InChI=1S/C11H17NO3/c1-11(12,10(14)15)9(13)8-5-6-2-3-7(8)4-6/h2-3,6-9,13H,4-5,12H2,1H3,(H,14,15). The first-order chi connectivity index (χ1) is 6.93. The van der Waals surface area contributed by atoms with E-state index in [0.717, 1.165) is 12.8 Å². The molecule has 0 aromatic rings. The summed E-state index contributed by atoms with van der Waals surface area (Å²) in [4.78, 5) is 10.9. The molecule has 0 spiro atoms. The van der Waals surface area contributed by atoms with Crippen LogP contribution in [-0.2, 0) is 4.79 Å². The average molecular weight is 211 g/mol. The Bertz CT molecular complexity index is 311. The van der Waals surface area contributed by atoms with Crippen molar-refractivity contribution in [3.8, 4) is 0 Å². The molecular formula is C11H17NO3. The molecule has 0 heterocycles. The van der Waals surface area contributed by atoms with Crippen molar-refractivity contribution < 1.29 is 15.0 Å². The third-order valence-corrected chi connectivity index (χ3v) is 3.81. The molecule has 0 amide bonds. The van der Waals surface area contributed by atoms with Gasteiger partial charge in [-0.3, -0.25) is 4.79 Å². The van der Waals surface area contributed by atoms with Crippen LogP contribution in [0.4, 0.5) is 0 Å². The molecule has 4 N–H and O–H groups in total. The Morgan fingerprint density at radius 2 is 2.20 bits per heavy atom. The Morgan fingerprint density at radius 3 is 2.60 bits per heavy atom. The van der Waals surface area contributed by atoms with Crippen molar-refractivity contribution in [3.63, 3.8) is 0 Å². The molecule has 5 unspecified atom stereocenters. The average Bonchev–Trinajstić information content (AvgIpc) is 2.76. The number of aliphatic hydroxyl groups is 1. The lowest BCUT2D eigenvalue weighted by molar-refractivity contribution is -0.149. The van der Waals surface area contributed by atoms with Gasteiger partial charge < -0.3 is 15.9 Å². The van der Waals surface area contributed by atoms with Crippen molar-refractivity contribution in [2.75, 3.05) is 0 Å². The summed E-state index contributed by atoms with van der Waals surface area (Å²) in [6.45, 7) is 1.38. The van der Waals surface area contributed by atoms with Gasteiger partial charge in [-0.1, -0.05) is 12.2 Å². The van der Waals surface area contributed by atoms with Crippen LogP contribution in [-0.4, -0.2) is 27.8 Å². The zero-order valence-electron chi connectivity index (χ0n) is 8.76. The normalized spacial score (nSPS) is 39.0. The molecule has 4 heteroatoms. The van der Waals surface area contributed by atoms with Crippen molar-refractivity contribution >= 4 is 5.97 Å². The SMILES string of the molecule is CC(N)(C(=O)O)C(O)C1CC2C=CC1C2. The molecule has 0 saturated heterocycles. The number of rotatable bonds is 3. The summed E-state index contributed by atoms with van der Waals surface area (Å²) in [6.07, 6.45) is 5.18. The van der Waals surface area contributed by atoms with Crippen molar-refractivity contribution in [1.29, 1.82) is 0 Å². The smallest absolute Gasteiger partial charge is 0.326 e. The maximum absolute atomic E-state index is 10.9. The molecule has 1 fully saturated rings. The Balaban J connectivity index is 2.12.